The lowest BCUT2D eigenvalue weighted by molar-refractivity contribution is 0.325. The van der Waals surface area contributed by atoms with E-state index in [-0.39, 0.29) is 6.04 Å². The van der Waals surface area contributed by atoms with Gasteiger partial charge in [0.2, 0.25) is 5.95 Å². The van der Waals surface area contributed by atoms with Gasteiger partial charge in [-0.15, -0.1) is 0 Å². The second-order valence-electron chi connectivity index (χ2n) is 4.90. The van der Waals surface area contributed by atoms with Crippen molar-refractivity contribution in [3.05, 3.63) is 42.6 Å². The summed E-state index contributed by atoms with van der Waals surface area (Å²) in [6.07, 6.45) is 7.58. The zero-order valence-electron chi connectivity index (χ0n) is 10.5. The van der Waals surface area contributed by atoms with Crippen molar-refractivity contribution in [2.24, 2.45) is 5.92 Å². The number of piperidine rings is 1. The molecule has 0 N–H and O–H groups in total. The van der Waals surface area contributed by atoms with Gasteiger partial charge < -0.3 is 9.32 Å². The van der Waals surface area contributed by atoms with Gasteiger partial charge in [-0.05, 0) is 37.0 Å². The lowest BCUT2D eigenvalue weighted by Gasteiger charge is -2.37. The number of aromatic nitrogens is 2. The van der Waals surface area contributed by atoms with Gasteiger partial charge in [-0.3, -0.25) is 0 Å². The van der Waals surface area contributed by atoms with E-state index in [1.807, 2.05) is 18.2 Å². The Morgan fingerprint density at radius 2 is 2.11 bits per heavy atom. The molecule has 94 valence electrons. The molecule has 2 aromatic rings. The van der Waals surface area contributed by atoms with Crippen LogP contribution in [0.1, 0.15) is 31.6 Å². The number of anilines is 1. The molecule has 4 nitrogen and oxygen atoms in total. The molecule has 4 heteroatoms. The molecule has 3 rings (SSSR count). The number of rotatable bonds is 2. The van der Waals surface area contributed by atoms with Crippen molar-refractivity contribution in [2.45, 2.75) is 25.8 Å². The Labute approximate surface area is 107 Å². The van der Waals surface area contributed by atoms with Crippen LogP contribution in [0.3, 0.4) is 0 Å². The average molecular weight is 243 g/mol. The monoisotopic (exact) mass is 243 g/mol. The van der Waals surface area contributed by atoms with Gasteiger partial charge in [0.1, 0.15) is 5.76 Å². The van der Waals surface area contributed by atoms with Crippen LogP contribution in [0.25, 0.3) is 0 Å². The fourth-order valence-electron chi connectivity index (χ4n) is 2.57. The summed E-state index contributed by atoms with van der Waals surface area (Å²) in [5.74, 6) is 2.51. The zero-order valence-corrected chi connectivity index (χ0v) is 10.5. The van der Waals surface area contributed by atoms with Crippen LogP contribution in [-0.4, -0.2) is 16.5 Å². The molecule has 1 saturated heterocycles. The minimum Gasteiger partial charge on any atom is -0.467 e. The highest BCUT2D eigenvalue weighted by molar-refractivity contribution is 5.34. The normalized spacial score (nSPS) is 24.2. The molecule has 18 heavy (non-hydrogen) atoms. The molecular formula is C14H17N3O. The van der Waals surface area contributed by atoms with Gasteiger partial charge in [-0.25, -0.2) is 9.97 Å². The third-order valence-corrected chi connectivity index (χ3v) is 3.55. The Bertz CT molecular complexity index is 483. The van der Waals surface area contributed by atoms with E-state index in [0.29, 0.717) is 5.92 Å². The Hall–Kier alpha value is -1.84. The van der Waals surface area contributed by atoms with Crippen molar-refractivity contribution in [2.75, 3.05) is 11.4 Å². The number of hydrogen-bond donors (Lipinski definition) is 0. The predicted molar refractivity (Wildman–Crippen MR) is 69.2 cm³/mol. The summed E-state index contributed by atoms with van der Waals surface area (Å²) in [5.41, 5.74) is 0. The highest BCUT2D eigenvalue weighted by atomic mass is 16.3. The summed E-state index contributed by atoms with van der Waals surface area (Å²) in [5, 5.41) is 0. The molecule has 2 atom stereocenters. The minimum absolute atomic E-state index is 0.256. The molecule has 1 aliphatic rings. The van der Waals surface area contributed by atoms with Gasteiger partial charge in [0.15, 0.2) is 0 Å². The van der Waals surface area contributed by atoms with E-state index < -0.39 is 0 Å². The maximum Gasteiger partial charge on any atom is 0.225 e. The lowest BCUT2D eigenvalue weighted by Crippen LogP contribution is -2.37. The van der Waals surface area contributed by atoms with Crippen LogP contribution in [0, 0.1) is 5.92 Å². The van der Waals surface area contributed by atoms with E-state index in [1.54, 1.807) is 18.7 Å². The van der Waals surface area contributed by atoms with Gasteiger partial charge in [-0.1, -0.05) is 6.92 Å². The Kier molecular flexibility index (Phi) is 3.00. The van der Waals surface area contributed by atoms with Gasteiger partial charge in [-0.2, -0.15) is 0 Å². The van der Waals surface area contributed by atoms with Crippen molar-refractivity contribution in [3.8, 4) is 0 Å². The second kappa shape index (κ2) is 4.80. The number of nitrogens with zero attached hydrogens (tertiary/aromatic N) is 3. The standard InChI is InChI=1S/C14H17N3O/c1-11-5-8-17(14-15-6-3-7-16-14)12(10-11)13-4-2-9-18-13/h2-4,6-7,9,11-12H,5,8,10H2,1H3. The van der Waals surface area contributed by atoms with Crippen molar-refractivity contribution in [1.82, 2.24) is 9.97 Å². The molecule has 1 fully saturated rings. The van der Waals surface area contributed by atoms with Gasteiger partial charge in [0.25, 0.3) is 0 Å². The van der Waals surface area contributed by atoms with E-state index in [1.165, 1.54) is 6.42 Å². The first kappa shape index (κ1) is 11.3. The molecule has 0 spiro atoms. The van der Waals surface area contributed by atoms with E-state index in [4.69, 9.17) is 4.42 Å². The maximum atomic E-state index is 5.58. The molecule has 3 heterocycles. The van der Waals surface area contributed by atoms with E-state index in [0.717, 1.165) is 24.7 Å². The molecule has 0 radical (unpaired) electrons. The lowest BCUT2D eigenvalue weighted by atomic mass is 9.91. The summed E-state index contributed by atoms with van der Waals surface area (Å²) in [4.78, 5) is 11.0. The minimum atomic E-state index is 0.256. The van der Waals surface area contributed by atoms with Crippen molar-refractivity contribution in [1.29, 1.82) is 0 Å². The first-order valence-corrected chi connectivity index (χ1v) is 6.41. The molecule has 2 unspecified atom stereocenters. The van der Waals surface area contributed by atoms with Crippen molar-refractivity contribution in [3.63, 3.8) is 0 Å². The fourth-order valence-corrected chi connectivity index (χ4v) is 2.57. The van der Waals surface area contributed by atoms with E-state index >= 15 is 0 Å². The molecule has 0 bridgehead atoms. The smallest absolute Gasteiger partial charge is 0.225 e. The van der Waals surface area contributed by atoms with Gasteiger partial charge in [0, 0.05) is 18.9 Å². The van der Waals surface area contributed by atoms with Crippen LogP contribution in [0.4, 0.5) is 5.95 Å². The van der Waals surface area contributed by atoms with Crippen LogP contribution in [0.15, 0.2) is 41.3 Å². The highest BCUT2D eigenvalue weighted by Gasteiger charge is 2.30. The first-order valence-electron chi connectivity index (χ1n) is 6.41. The summed E-state index contributed by atoms with van der Waals surface area (Å²) in [7, 11) is 0. The summed E-state index contributed by atoms with van der Waals surface area (Å²) in [6.45, 7) is 3.27. The first-order chi connectivity index (χ1) is 8.84. The predicted octanol–water partition coefficient (Wildman–Crippen LogP) is 3.05. The van der Waals surface area contributed by atoms with Crippen LogP contribution < -0.4 is 4.90 Å². The quantitative estimate of drug-likeness (QED) is 0.813. The molecule has 0 saturated carbocycles. The van der Waals surface area contributed by atoms with Gasteiger partial charge >= 0.3 is 0 Å². The Morgan fingerprint density at radius 3 is 2.83 bits per heavy atom. The summed E-state index contributed by atoms with van der Waals surface area (Å²) in [6, 6.07) is 6.08. The Morgan fingerprint density at radius 1 is 1.28 bits per heavy atom. The average Bonchev–Trinajstić information content (AvgIpc) is 2.93. The molecule has 0 aromatic carbocycles. The largest absolute Gasteiger partial charge is 0.467 e. The second-order valence-corrected chi connectivity index (χ2v) is 4.90. The van der Waals surface area contributed by atoms with Crippen molar-refractivity contribution < 1.29 is 4.42 Å². The topological polar surface area (TPSA) is 42.2 Å². The van der Waals surface area contributed by atoms with E-state index in [9.17, 15) is 0 Å². The summed E-state index contributed by atoms with van der Waals surface area (Å²) < 4.78 is 5.58. The Balaban J connectivity index is 1.91. The molecule has 1 aliphatic heterocycles. The van der Waals surface area contributed by atoms with Crippen LogP contribution in [-0.2, 0) is 0 Å². The molecule has 0 aliphatic carbocycles. The summed E-state index contributed by atoms with van der Waals surface area (Å²) >= 11 is 0. The zero-order chi connectivity index (χ0) is 12.4. The van der Waals surface area contributed by atoms with Crippen LogP contribution in [0.5, 0.6) is 0 Å². The van der Waals surface area contributed by atoms with Crippen molar-refractivity contribution >= 4 is 5.95 Å². The number of hydrogen-bond acceptors (Lipinski definition) is 4. The number of furan rings is 1. The fraction of sp³-hybridized carbons (Fsp3) is 0.429. The SMILES string of the molecule is CC1CCN(c2ncccn2)C(c2ccco2)C1. The maximum absolute atomic E-state index is 5.58. The van der Waals surface area contributed by atoms with Crippen LogP contribution >= 0.6 is 0 Å². The third kappa shape index (κ3) is 2.10. The van der Waals surface area contributed by atoms with Gasteiger partial charge in [0.05, 0.1) is 12.3 Å². The molecule has 0 amide bonds. The molecular weight excluding hydrogens is 226 g/mol. The molecule has 2 aromatic heterocycles. The highest BCUT2D eigenvalue weighted by Crippen LogP contribution is 2.35. The van der Waals surface area contributed by atoms with Crippen LogP contribution in [0.2, 0.25) is 0 Å². The van der Waals surface area contributed by atoms with E-state index in [2.05, 4.69) is 21.8 Å². The third-order valence-electron chi connectivity index (χ3n) is 3.55.